The summed E-state index contributed by atoms with van der Waals surface area (Å²) >= 11 is 3.63. The zero-order valence-corrected chi connectivity index (χ0v) is 13.8. The standard InChI is InChI=1S/C14H9IN2O3S/c1-17-13(19)9-3-2-8(5-10(9)14(17)20)16-12(18)7-4-11(15)21-6-7/h2-6H,1H3,(H,16,18). The number of amides is 3. The molecule has 0 saturated heterocycles. The van der Waals surface area contributed by atoms with Crippen molar-refractivity contribution < 1.29 is 14.4 Å². The molecule has 0 bridgehead atoms. The summed E-state index contributed by atoms with van der Waals surface area (Å²) in [7, 11) is 1.44. The van der Waals surface area contributed by atoms with Gasteiger partial charge in [-0.3, -0.25) is 19.3 Å². The van der Waals surface area contributed by atoms with Gasteiger partial charge in [0.2, 0.25) is 0 Å². The lowest BCUT2D eigenvalue weighted by molar-refractivity contribution is 0.0692. The molecule has 0 unspecified atom stereocenters. The Morgan fingerprint density at radius 3 is 2.57 bits per heavy atom. The van der Waals surface area contributed by atoms with Gasteiger partial charge in [-0.1, -0.05) is 0 Å². The van der Waals surface area contributed by atoms with Crippen LogP contribution < -0.4 is 5.32 Å². The van der Waals surface area contributed by atoms with E-state index in [0.29, 0.717) is 22.4 Å². The topological polar surface area (TPSA) is 66.5 Å². The summed E-state index contributed by atoms with van der Waals surface area (Å²) in [6.45, 7) is 0. The largest absolute Gasteiger partial charge is 0.322 e. The molecule has 21 heavy (non-hydrogen) atoms. The number of benzene rings is 1. The Kier molecular flexibility index (Phi) is 3.54. The van der Waals surface area contributed by atoms with E-state index >= 15 is 0 Å². The van der Waals surface area contributed by atoms with Gasteiger partial charge >= 0.3 is 0 Å². The van der Waals surface area contributed by atoms with Gasteiger partial charge in [-0.05, 0) is 46.9 Å². The van der Waals surface area contributed by atoms with Crippen molar-refractivity contribution in [2.75, 3.05) is 12.4 Å². The predicted molar refractivity (Wildman–Crippen MR) is 87.9 cm³/mol. The minimum absolute atomic E-state index is 0.237. The third kappa shape index (κ3) is 2.46. The van der Waals surface area contributed by atoms with Gasteiger partial charge in [0.1, 0.15) is 0 Å². The molecule has 3 amide bonds. The van der Waals surface area contributed by atoms with Gasteiger partial charge in [0, 0.05) is 18.1 Å². The van der Waals surface area contributed by atoms with E-state index in [9.17, 15) is 14.4 Å². The summed E-state index contributed by atoms with van der Waals surface area (Å²) in [5.41, 5.74) is 1.76. The fourth-order valence-corrected chi connectivity index (χ4v) is 3.40. The van der Waals surface area contributed by atoms with E-state index in [2.05, 4.69) is 27.9 Å². The summed E-state index contributed by atoms with van der Waals surface area (Å²) in [5, 5.41) is 4.50. The highest BCUT2D eigenvalue weighted by Gasteiger charge is 2.32. The van der Waals surface area contributed by atoms with E-state index in [4.69, 9.17) is 0 Å². The Morgan fingerprint density at radius 2 is 1.90 bits per heavy atom. The Labute approximate surface area is 138 Å². The number of anilines is 1. The van der Waals surface area contributed by atoms with Crippen molar-refractivity contribution >= 4 is 57.3 Å². The van der Waals surface area contributed by atoms with Crippen molar-refractivity contribution in [2.24, 2.45) is 0 Å². The monoisotopic (exact) mass is 412 g/mol. The van der Waals surface area contributed by atoms with Crippen LogP contribution in [0.25, 0.3) is 0 Å². The van der Waals surface area contributed by atoms with Crippen LogP contribution in [0.1, 0.15) is 31.1 Å². The van der Waals surface area contributed by atoms with E-state index in [1.54, 1.807) is 23.6 Å². The summed E-state index contributed by atoms with van der Waals surface area (Å²) in [5.74, 6) is -0.907. The highest BCUT2D eigenvalue weighted by molar-refractivity contribution is 14.1. The second kappa shape index (κ2) is 5.23. The maximum Gasteiger partial charge on any atom is 0.261 e. The molecule has 0 atom stereocenters. The van der Waals surface area contributed by atoms with Crippen LogP contribution in [0.4, 0.5) is 5.69 Å². The highest BCUT2D eigenvalue weighted by atomic mass is 127. The molecule has 2 aromatic rings. The molecule has 0 aliphatic carbocycles. The molecule has 3 rings (SSSR count). The summed E-state index contributed by atoms with van der Waals surface area (Å²) in [4.78, 5) is 36.8. The SMILES string of the molecule is CN1C(=O)c2ccc(NC(=O)c3csc(I)c3)cc2C1=O. The average molecular weight is 412 g/mol. The molecule has 5 nitrogen and oxygen atoms in total. The van der Waals surface area contributed by atoms with Crippen molar-refractivity contribution in [1.29, 1.82) is 0 Å². The molecular weight excluding hydrogens is 403 g/mol. The Hall–Kier alpha value is -1.74. The lowest BCUT2D eigenvalue weighted by Gasteiger charge is -2.05. The molecule has 0 radical (unpaired) electrons. The molecule has 0 saturated carbocycles. The predicted octanol–water partition coefficient (Wildman–Crippen LogP) is 2.83. The van der Waals surface area contributed by atoms with E-state index in [1.807, 2.05) is 0 Å². The molecule has 0 fully saturated rings. The van der Waals surface area contributed by atoms with Crippen molar-refractivity contribution in [3.8, 4) is 0 Å². The maximum atomic E-state index is 12.1. The molecule has 1 N–H and O–H groups in total. The van der Waals surface area contributed by atoms with Gasteiger partial charge in [0.25, 0.3) is 17.7 Å². The van der Waals surface area contributed by atoms with E-state index in [1.165, 1.54) is 24.5 Å². The lowest BCUT2D eigenvalue weighted by Crippen LogP contribution is -2.24. The number of halogens is 1. The van der Waals surface area contributed by atoms with Crippen LogP contribution in [0, 0.1) is 2.88 Å². The first-order valence-corrected chi connectivity index (χ1v) is 7.95. The fourth-order valence-electron chi connectivity index (χ4n) is 2.07. The van der Waals surface area contributed by atoms with Crippen LogP contribution >= 0.6 is 33.9 Å². The summed E-state index contributed by atoms with van der Waals surface area (Å²) in [6, 6.07) is 6.51. The van der Waals surface area contributed by atoms with E-state index in [0.717, 1.165) is 7.78 Å². The van der Waals surface area contributed by atoms with Crippen LogP contribution in [0.2, 0.25) is 0 Å². The number of carbonyl (C=O) groups is 3. The van der Waals surface area contributed by atoms with E-state index in [-0.39, 0.29) is 17.7 Å². The maximum absolute atomic E-state index is 12.1. The number of nitrogens with zero attached hydrogens (tertiary/aromatic N) is 1. The number of imide groups is 1. The molecule has 7 heteroatoms. The smallest absolute Gasteiger partial charge is 0.261 e. The number of thiophene rings is 1. The van der Waals surface area contributed by atoms with Gasteiger partial charge in [-0.25, -0.2) is 0 Å². The molecule has 1 aliphatic heterocycles. The number of carbonyl (C=O) groups excluding carboxylic acids is 3. The van der Waals surface area contributed by atoms with Crippen molar-refractivity contribution in [3.05, 3.63) is 49.2 Å². The number of fused-ring (bicyclic) bond motifs is 1. The summed E-state index contributed by atoms with van der Waals surface area (Å²) < 4.78 is 1.02. The molecule has 0 spiro atoms. The van der Waals surface area contributed by atoms with Crippen LogP contribution in [0.15, 0.2) is 29.6 Å². The van der Waals surface area contributed by atoms with Gasteiger partial charge < -0.3 is 5.32 Å². The lowest BCUT2D eigenvalue weighted by atomic mass is 10.1. The van der Waals surface area contributed by atoms with Gasteiger partial charge in [0.15, 0.2) is 0 Å². The molecule has 1 aliphatic rings. The van der Waals surface area contributed by atoms with Crippen molar-refractivity contribution in [1.82, 2.24) is 4.90 Å². The third-order valence-corrected chi connectivity index (χ3v) is 4.97. The van der Waals surface area contributed by atoms with Crippen molar-refractivity contribution in [3.63, 3.8) is 0 Å². The average Bonchev–Trinajstić information content (AvgIpc) is 2.98. The van der Waals surface area contributed by atoms with Crippen LogP contribution in [-0.4, -0.2) is 29.7 Å². The first-order valence-electron chi connectivity index (χ1n) is 5.99. The number of rotatable bonds is 2. The zero-order chi connectivity index (χ0) is 15.1. The second-order valence-corrected chi connectivity index (χ2v) is 7.33. The Bertz CT molecular complexity index is 784. The van der Waals surface area contributed by atoms with Gasteiger partial charge in [0.05, 0.1) is 19.6 Å². The summed E-state index contributed by atoms with van der Waals surface area (Å²) in [6.07, 6.45) is 0. The Morgan fingerprint density at radius 1 is 1.19 bits per heavy atom. The van der Waals surface area contributed by atoms with E-state index < -0.39 is 0 Å². The Balaban J connectivity index is 1.87. The molecule has 1 aromatic carbocycles. The number of hydrogen-bond acceptors (Lipinski definition) is 4. The van der Waals surface area contributed by atoms with Gasteiger partial charge in [-0.2, -0.15) is 0 Å². The first-order chi connectivity index (χ1) is 9.97. The quantitative estimate of drug-likeness (QED) is 0.610. The minimum Gasteiger partial charge on any atom is -0.322 e. The first kappa shape index (κ1) is 14.2. The third-order valence-electron chi connectivity index (χ3n) is 3.18. The number of hydrogen-bond donors (Lipinski definition) is 1. The van der Waals surface area contributed by atoms with Crippen molar-refractivity contribution in [2.45, 2.75) is 0 Å². The molecular formula is C14H9IN2O3S. The molecule has 106 valence electrons. The molecule has 2 heterocycles. The van der Waals surface area contributed by atoms with Crippen LogP contribution in [0.5, 0.6) is 0 Å². The highest BCUT2D eigenvalue weighted by Crippen LogP contribution is 2.25. The fraction of sp³-hybridized carbons (Fsp3) is 0.0714. The zero-order valence-electron chi connectivity index (χ0n) is 10.8. The number of nitrogens with one attached hydrogen (secondary N) is 1. The minimum atomic E-state index is -0.351. The molecule has 1 aromatic heterocycles. The van der Waals surface area contributed by atoms with Crippen LogP contribution in [0.3, 0.4) is 0 Å². The normalized spacial score (nSPS) is 13.5. The second-order valence-electron chi connectivity index (χ2n) is 4.52. The van der Waals surface area contributed by atoms with Gasteiger partial charge in [-0.15, -0.1) is 11.3 Å². The van der Waals surface area contributed by atoms with Crippen LogP contribution in [-0.2, 0) is 0 Å².